The standard InChI is InChI=1S/C59H72N10O6/c1-37(60-5)53(70)65-51(59(2,3)4)57(74)68-36-41-33-44(30-27-40(41)34-49(68)55(72)64-47-23-16-18-38-17-8-11-21-45(38)47)75-32-15-7-14-31-61-54(71)39-25-28-42(29-26-39)63-58-62-35-50-52(66-58)69(43-19-9-10-20-43)48-24-13-12-22-46(48)56(73)67(50)6/h8,11-13,17,21-22,24-30,33,35,37,43,47,49,51,60H,7,9-10,14-16,18-20,23,31-32,34,36H2,1-6H3,(H,61,71)(H,64,72)(H,65,70)(H,62,63,66)/t37-,47+,49-,51+/m0/s1. The summed E-state index contributed by atoms with van der Waals surface area (Å²) in [4.78, 5) is 84.2. The van der Waals surface area contributed by atoms with Crippen LogP contribution in [0.5, 0.6) is 5.75 Å². The molecule has 3 heterocycles. The molecule has 5 N–H and O–H groups in total. The zero-order valence-electron chi connectivity index (χ0n) is 44.2. The van der Waals surface area contributed by atoms with E-state index in [2.05, 4.69) is 48.6 Å². The molecule has 0 unspecified atom stereocenters. The van der Waals surface area contributed by atoms with Crippen molar-refractivity contribution in [3.63, 3.8) is 0 Å². The number of carbonyl (C=O) groups is 5. The predicted octanol–water partition coefficient (Wildman–Crippen LogP) is 8.46. The van der Waals surface area contributed by atoms with Crippen molar-refractivity contribution in [1.29, 1.82) is 0 Å². The maximum atomic E-state index is 14.8. The summed E-state index contributed by atoms with van der Waals surface area (Å²) in [5, 5.41) is 15.6. The fraction of sp³-hybridized carbons (Fsp3) is 0.441. The molecule has 1 aromatic heterocycles. The number of benzene rings is 4. The number of nitrogens with one attached hydrogen (secondary N) is 5. The Bertz CT molecular complexity index is 2900. The van der Waals surface area contributed by atoms with Gasteiger partial charge < -0.3 is 46.0 Å². The summed E-state index contributed by atoms with van der Waals surface area (Å²) in [6.45, 7) is 8.68. The Balaban J connectivity index is 0.778. The molecule has 5 aromatic rings. The van der Waals surface area contributed by atoms with Gasteiger partial charge in [0.1, 0.15) is 23.5 Å². The second-order valence-corrected chi connectivity index (χ2v) is 21.5. The first kappa shape index (κ1) is 52.5. The fourth-order valence-electron chi connectivity index (χ4n) is 10.9. The number of nitrogens with zero attached hydrogens (tertiary/aromatic N) is 5. The fourth-order valence-corrected chi connectivity index (χ4v) is 10.9. The van der Waals surface area contributed by atoms with Crippen LogP contribution in [-0.2, 0) is 33.8 Å². The van der Waals surface area contributed by atoms with Crippen LogP contribution in [0, 0.1) is 5.41 Å². The summed E-state index contributed by atoms with van der Waals surface area (Å²) >= 11 is 0. The number of unbranched alkanes of at least 4 members (excludes halogenated alkanes) is 2. The Morgan fingerprint density at radius 1 is 0.840 bits per heavy atom. The van der Waals surface area contributed by atoms with Gasteiger partial charge in [0, 0.05) is 43.9 Å². The molecule has 4 aliphatic rings. The third-order valence-corrected chi connectivity index (χ3v) is 15.3. The van der Waals surface area contributed by atoms with Crippen molar-refractivity contribution in [3.05, 3.63) is 131 Å². The van der Waals surface area contributed by atoms with Crippen LogP contribution < -0.4 is 41.1 Å². The van der Waals surface area contributed by atoms with Crippen molar-refractivity contribution < 1.29 is 28.7 Å². The first-order chi connectivity index (χ1) is 36.2. The van der Waals surface area contributed by atoms with Gasteiger partial charge in [-0.3, -0.25) is 24.0 Å². The first-order valence-corrected chi connectivity index (χ1v) is 26.8. The zero-order valence-corrected chi connectivity index (χ0v) is 44.2. The quantitative estimate of drug-likeness (QED) is 0.0562. The SMILES string of the molecule is CN[C@@H](C)C(=O)N[C@H](C(=O)N1Cc2cc(OCCCCCNC(=O)c3ccc(Nc4ncc5c(n4)N(C4CCCC4)c4ccccc4C(=O)N5C)cc3)ccc2C[C@H]1C(=O)N[C@@H]1CCCc2ccccc21)C(C)(C)C. The molecule has 75 heavy (non-hydrogen) atoms. The van der Waals surface area contributed by atoms with Gasteiger partial charge in [0.05, 0.1) is 36.1 Å². The lowest BCUT2D eigenvalue weighted by atomic mass is 9.83. The average molecular weight is 1020 g/mol. The second-order valence-electron chi connectivity index (χ2n) is 21.5. The van der Waals surface area contributed by atoms with Crippen LogP contribution in [0.25, 0.3) is 0 Å². The largest absolute Gasteiger partial charge is 0.494 e. The molecular formula is C59H72N10O6. The molecule has 0 saturated heterocycles. The monoisotopic (exact) mass is 1020 g/mol. The minimum atomic E-state index is -0.876. The Morgan fingerprint density at radius 2 is 1.60 bits per heavy atom. The van der Waals surface area contributed by atoms with Gasteiger partial charge >= 0.3 is 0 Å². The van der Waals surface area contributed by atoms with Crippen molar-refractivity contribution in [3.8, 4) is 5.75 Å². The van der Waals surface area contributed by atoms with Gasteiger partial charge in [-0.1, -0.05) is 76.1 Å². The van der Waals surface area contributed by atoms with E-state index in [0.717, 1.165) is 92.3 Å². The highest BCUT2D eigenvalue weighted by Crippen LogP contribution is 2.44. The summed E-state index contributed by atoms with van der Waals surface area (Å²) in [5.41, 5.74) is 7.00. The summed E-state index contributed by atoms with van der Waals surface area (Å²) in [7, 11) is 3.47. The molecule has 1 fully saturated rings. The number of aryl methyl sites for hydroxylation is 1. The zero-order chi connectivity index (χ0) is 52.8. The molecule has 1 saturated carbocycles. The van der Waals surface area contributed by atoms with Gasteiger partial charge in [0.2, 0.25) is 23.7 Å². The highest BCUT2D eigenvalue weighted by molar-refractivity contribution is 6.13. The van der Waals surface area contributed by atoms with Crippen LogP contribution in [0.1, 0.15) is 134 Å². The van der Waals surface area contributed by atoms with Crippen LogP contribution in [0.15, 0.2) is 97.2 Å². The van der Waals surface area contributed by atoms with E-state index < -0.39 is 23.5 Å². The number of carbonyl (C=O) groups excluding carboxylic acids is 5. The molecule has 2 aliphatic heterocycles. The maximum absolute atomic E-state index is 14.8. The van der Waals surface area contributed by atoms with E-state index in [1.165, 1.54) is 5.56 Å². The molecule has 16 heteroatoms. The van der Waals surface area contributed by atoms with E-state index in [1.54, 1.807) is 49.1 Å². The first-order valence-electron chi connectivity index (χ1n) is 26.8. The lowest BCUT2D eigenvalue weighted by Crippen LogP contribution is -2.62. The van der Waals surface area contributed by atoms with Crippen LogP contribution in [0.3, 0.4) is 0 Å². The second kappa shape index (κ2) is 23.1. The van der Waals surface area contributed by atoms with Crippen molar-refractivity contribution in [2.75, 3.05) is 42.4 Å². The van der Waals surface area contributed by atoms with Crippen molar-refractivity contribution >= 4 is 58.4 Å². The number of amides is 5. The van der Waals surface area contributed by atoms with Crippen molar-refractivity contribution in [2.24, 2.45) is 5.41 Å². The third-order valence-electron chi connectivity index (χ3n) is 15.3. The lowest BCUT2D eigenvalue weighted by Gasteiger charge is -2.41. The molecule has 4 aromatic carbocycles. The molecule has 9 rings (SSSR count). The number of anilines is 5. The van der Waals surface area contributed by atoms with E-state index in [0.29, 0.717) is 53.9 Å². The number of rotatable bonds is 17. The summed E-state index contributed by atoms with van der Waals surface area (Å²) in [6.07, 6.45) is 11.4. The molecule has 0 bridgehead atoms. The van der Waals surface area contributed by atoms with Crippen molar-refractivity contribution in [1.82, 2.24) is 36.1 Å². The smallest absolute Gasteiger partial charge is 0.260 e. The van der Waals surface area contributed by atoms with Gasteiger partial charge in [-0.2, -0.15) is 4.98 Å². The number of hydrogen-bond donors (Lipinski definition) is 5. The number of para-hydroxylation sites is 1. The van der Waals surface area contributed by atoms with Crippen LogP contribution in [0.2, 0.25) is 0 Å². The third kappa shape index (κ3) is 11.8. The summed E-state index contributed by atoms with van der Waals surface area (Å²) in [6, 6.07) is 27.0. The minimum Gasteiger partial charge on any atom is -0.494 e. The molecule has 394 valence electrons. The number of ether oxygens (including phenoxy) is 1. The van der Waals surface area contributed by atoms with Gasteiger partial charge in [0.15, 0.2) is 5.82 Å². The lowest BCUT2D eigenvalue weighted by molar-refractivity contribution is -0.147. The van der Waals surface area contributed by atoms with Gasteiger partial charge in [-0.15, -0.1) is 0 Å². The highest BCUT2D eigenvalue weighted by atomic mass is 16.5. The Kier molecular flexibility index (Phi) is 16.1. The average Bonchev–Trinajstić information content (AvgIpc) is 3.97. The number of fused-ring (bicyclic) bond motifs is 4. The van der Waals surface area contributed by atoms with E-state index >= 15 is 0 Å². The van der Waals surface area contributed by atoms with Gasteiger partial charge in [0.25, 0.3) is 11.8 Å². The molecule has 4 atom stereocenters. The number of hydrogen-bond acceptors (Lipinski definition) is 11. The van der Waals surface area contributed by atoms with E-state index in [1.807, 2.05) is 87.5 Å². The summed E-state index contributed by atoms with van der Waals surface area (Å²) in [5.74, 6) is 0.696. The molecule has 2 aliphatic carbocycles. The van der Waals surface area contributed by atoms with Crippen LogP contribution in [0.4, 0.5) is 28.8 Å². The highest BCUT2D eigenvalue weighted by Gasteiger charge is 2.43. The van der Waals surface area contributed by atoms with Crippen molar-refractivity contribution in [2.45, 2.75) is 135 Å². The Labute approximate surface area is 440 Å². The van der Waals surface area contributed by atoms with Crippen LogP contribution >= 0.6 is 0 Å². The number of likely N-dealkylation sites (N-methyl/N-ethyl adjacent to an activating group) is 1. The topological polar surface area (TPSA) is 190 Å². The number of aromatic nitrogens is 2. The molecular weight excluding hydrogens is 945 g/mol. The summed E-state index contributed by atoms with van der Waals surface area (Å²) < 4.78 is 6.24. The molecule has 5 amide bonds. The normalized spacial score (nSPS) is 18.1. The molecule has 0 spiro atoms. The predicted molar refractivity (Wildman–Crippen MR) is 292 cm³/mol. The van der Waals surface area contributed by atoms with E-state index in [4.69, 9.17) is 9.72 Å². The maximum Gasteiger partial charge on any atom is 0.260 e. The van der Waals surface area contributed by atoms with Gasteiger partial charge in [-0.25, -0.2) is 4.98 Å². The molecule has 0 radical (unpaired) electrons. The van der Waals surface area contributed by atoms with E-state index in [9.17, 15) is 24.0 Å². The Hall–Kier alpha value is -7.33. The van der Waals surface area contributed by atoms with Crippen LogP contribution in [-0.4, -0.2) is 95.8 Å². The molecule has 16 nitrogen and oxygen atoms in total. The minimum absolute atomic E-state index is 0.0955. The van der Waals surface area contributed by atoms with E-state index in [-0.39, 0.29) is 48.2 Å². The van der Waals surface area contributed by atoms with Gasteiger partial charge in [-0.05, 0) is 142 Å². The Morgan fingerprint density at radius 3 is 2.37 bits per heavy atom.